The molecule has 2 aliphatic rings. The number of morpholine rings is 1. The van der Waals surface area contributed by atoms with Crippen LogP contribution in [-0.2, 0) is 14.8 Å². The van der Waals surface area contributed by atoms with Gasteiger partial charge in [0.25, 0.3) is 0 Å². The summed E-state index contributed by atoms with van der Waals surface area (Å²) in [5.41, 5.74) is 1.00. The first-order valence-electron chi connectivity index (χ1n) is 9.52. The summed E-state index contributed by atoms with van der Waals surface area (Å²) >= 11 is 0. The molecule has 0 aromatic heterocycles. The van der Waals surface area contributed by atoms with Crippen LogP contribution < -0.4 is 23.8 Å². The lowest BCUT2D eigenvalue weighted by atomic mass is 10.0. The molecular formula is C20H25N2O6S+. The molecule has 0 radical (unpaired) electrons. The van der Waals surface area contributed by atoms with Gasteiger partial charge in [0.1, 0.15) is 24.9 Å². The average molecular weight is 421 g/mol. The zero-order chi connectivity index (χ0) is 20.3. The third kappa shape index (κ3) is 4.48. The highest BCUT2D eigenvalue weighted by Crippen LogP contribution is 2.33. The Morgan fingerprint density at radius 3 is 2.52 bits per heavy atom. The van der Waals surface area contributed by atoms with E-state index in [1.807, 2.05) is 18.2 Å². The smallest absolute Gasteiger partial charge is 0.240 e. The Balaban J connectivity index is 1.54. The van der Waals surface area contributed by atoms with Gasteiger partial charge in [-0.15, -0.1) is 0 Å². The second-order valence-electron chi connectivity index (χ2n) is 6.96. The van der Waals surface area contributed by atoms with Crippen molar-refractivity contribution in [2.24, 2.45) is 0 Å². The molecule has 0 unspecified atom stereocenters. The van der Waals surface area contributed by atoms with E-state index >= 15 is 0 Å². The SMILES string of the molecule is COc1ccc(S(=O)(=O)NC[C@@H](c2ccc3c(c2)OCO3)[NH+]2CCOCC2)cc1. The van der Waals surface area contributed by atoms with Crippen LogP contribution in [0.15, 0.2) is 47.4 Å². The highest BCUT2D eigenvalue weighted by atomic mass is 32.2. The first kappa shape index (κ1) is 20.0. The van der Waals surface area contributed by atoms with E-state index in [9.17, 15) is 8.42 Å². The van der Waals surface area contributed by atoms with Gasteiger partial charge in [0.15, 0.2) is 11.5 Å². The van der Waals surface area contributed by atoms with E-state index in [-0.39, 0.29) is 24.3 Å². The van der Waals surface area contributed by atoms with Crippen molar-refractivity contribution in [2.45, 2.75) is 10.9 Å². The van der Waals surface area contributed by atoms with Crippen molar-refractivity contribution in [3.8, 4) is 17.2 Å². The molecule has 1 fully saturated rings. The summed E-state index contributed by atoms with van der Waals surface area (Å²) in [6, 6.07) is 12.1. The summed E-state index contributed by atoms with van der Waals surface area (Å²) in [6.07, 6.45) is 0. The third-order valence-electron chi connectivity index (χ3n) is 5.27. The van der Waals surface area contributed by atoms with Crippen molar-refractivity contribution in [3.05, 3.63) is 48.0 Å². The molecule has 0 amide bonds. The Hall–Kier alpha value is -2.33. The van der Waals surface area contributed by atoms with Crippen molar-refractivity contribution < 1.29 is 32.3 Å². The molecule has 0 aliphatic carbocycles. The van der Waals surface area contributed by atoms with Gasteiger partial charge < -0.3 is 23.8 Å². The molecule has 2 aromatic carbocycles. The van der Waals surface area contributed by atoms with Gasteiger partial charge in [-0.2, -0.15) is 0 Å². The molecule has 2 N–H and O–H groups in total. The average Bonchev–Trinajstić information content (AvgIpc) is 3.23. The number of hydrogen-bond donors (Lipinski definition) is 2. The second kappa shape index (κ2) is 8.58. The van der Waals surface area contributed by atoms with Crippen molar-refractivity contribution in [1.29, 1.82) is 0 Å². The van der Waals surface area contributed by atoms with Gasteiger partial charge in [0.05, 0.1) is 31.8 Å². The summed E-state index contributed by atoms with van der Waals surface area (Å²) in [4.78, 5) is 1.48. The van der Waals surface area contributed by atoms with Crippen molar-refractivity contribution in [3.63, 3.8) is 0 Å². The molecule has 156 valence electrons. The fourth-order valence-corrected chi connectivity index (χ4v) is 4.69. The topological polar surface area (TPSA) is 87.5 Å². The van der Waals surface area contributed by atoms with Crippen LogP contribution in [0.4, 0.5) is 0 Å². The highest BCUT2D eigenvalue weighted by molar-refractivity contribution is 7.89. The van der Waals surface area contributed by atoms with Crippen LogP contribution in [0.25, 0.3) is 0 Å². The number of methoxy groups -OCH3 is 1. The number of fused-ring (bicyclic) bond motifs is 1. The number of rotatable bonds is 7. The van der Waals surface area contributed by atoms with Crippen LogP contribution >= 0.6 is 0 Å². The Bertz CT molecular complexity index is 942. The lowest BCUT2D eigenvalue weighted by molar-refractivity contribution is -0.937. The van der Waals surface area contributed by atoms with Crippen LogP contribution in [0.2, 0.25) is 0 Å². The molecule has 8 nitrogen and oxygen atoms in total. The van der Waals surface area contributed by atoms with Gasteiger partial charge in [-0.05, 0) is 42.5 Å². The van der Waals surface area contributed by atoms with E-state index in [2.05, 4.69) is 4.72 Å². The molecule has 9 heteroatoms. The molecule has 2 heterocycles. The maximum atomic E-state index is 12.8. The molecule has 1 saturated heterocycles. The number of sulfonamides is 1. The monoisotopic (exact) mass is 421 g/mol. The summed E-state index contributed by atoms with van der Waals surface area (Å²) < 4.78 is 49.9. The lowest BCUT2D eigenvalue weighted by Crippen LogP contribution is -3.15. The molecule has 4 rings (SSSR count). The van der Waals surface area contributed by atoms with Gasteiger partial charge >= 0.3 is 0 Å². The van der Waals surface area contributed by atoms with E-state index < -0.39 is 10.0 Å². The summed E-state index contributed by atoms with van der Waals surface area (Å²) in [5.74, 6) is 2.02. The quantitative estimate of drug-likeness (QED) is 0.671. The van der Waals surface area contributed by atoms with E-state index in [1.165, 1.54) is 4.90 Å². The summed E-state index contributed by atoms with van der Waals surface area (Å²) in [6.45, 7) is 3.40. The third-order valence-corrected chi connectivity index (χ3v) is 6.71. The number of nitrogens with one attached hydrogen (secondary N) is 2. The first-order valence-corrected chi connectivity index (χ1v) is 11.0. The van der Waals surface area contributed by atoms with Crippen molar-refractivity contribution >= 4 is 10.0 Å². The lowest BCUT2D eigenvalue weighted by Gasteiger charge is -2.32. The zero-order valence-corrected chi connectivity index (χ0v) is 17.0. The normalized spacial score (nSPS) is 17.8. The molecule has 2 aliphatic heterocycles. The van der Waals surface area contributed by atoms with E-state index in [0.717, 1.165) is 18.7 Å². The van der Waals surface area contributed by atoms with Crippen molar-refractivity contribution in [1.82, 2.24) is 4.72 Å². The Labute approximate surface area is 170 Å². The number of quaternary nitrogens is 1. The van der Waals surface area contributed by atoms with Crippen LogP contribution in [0.1, 0.15) is 11.6 Å². The van der Waals surface area contributed by atoms with Crippen LogP contribution in [0.5, 0.6) is 17.2 Å². The second-order valence-corrected chi connectivity index (χ2v) is 8.73. The summed E-state index contributed by atoms with van der Waals surface area (Å²) in [5, 5.41) is 0. The largest absolute Gasteiger partial charge is 0.497 e. The fraction of sp³-hybridized carbons (Fsp3) is 0.400. The Morgan fingerprint density at radius 2 is 1.79 bits per heavy atom. The number of benzene rings is 2. The minimum atomic E-state index is -3.64. The van der Waals surface area contributed by atoms with E-state index in [4.69, 9.17) is 18.9 Å². The summed E-state index contributed by atoms with van der Waals surface area (Å²) in [7, 11) is -2.10. The molecule has 0 spiro atoms. The van der Waals surface area contributed by atoms with Gasteiger partial charge in [0.2, 0.25) is 16.8 Å². The minimum Gasteiger partial charge on any atom is -0.497 e. The zero-order valence-electron chi connectivity index (χ0n) is 16.2. The first-order chi connectivity index (χ1) is 14.1. The van der Waals surface area contributed by atoms with Crippen LogP contribution in [-0.4, -0.2) is 55.2 Å². The predicted octanol–water partition coefficient (Wildman–Crippen LogP) is 0.359. The van der Waals surface area contributed by atoms with Gasteiger partial charge in [-0.25, -0.2) is 13.1 Å². The van der Waals surface area contributed by atoms with Crippen molar-refractivity contribution in [2.75, 3.05) is 46.8 Å². The Kier molecular flexibility index (Phi) is 5.91. The van der Waals surface area contributed by atoms with E-state index in [0.29, 0.717) is 30.5 Å². The van der Waals surface area contributed by atoms with Crippen LogP contribution in [0.3, 0.4) is 0 Å². The highest BCUT2D eigenvalue weighted by Gasteiger charge is 2.30. The molecule has 1 atom stereocenters. The predicted molar refractivity (Wildman–Crippen MR) is 105 cm³/mol. The van der Waals surface area contributed by atoms with E-state index in [1.54, 1.807) is 31.4 Å². The van der Waals surface area contributed by atoms with Gasteiger partial charge in [-0.3, -0.25) is 0 Å². The molecule has 0 bridgehead atoms. The molecule has 2 aromatic rings. The molecular weight excluding hydrogens is 396 g/mol. The van der Waals surface area contributed by atoms with Gasteiger partial charge in [-0.1, -0.05) is 0 Å². The fourth-order valence-electron chi connectivity index (χ4n) is 3.64. The standard InChI is InChI=1S/C20H24N2O6S/c1-25-16-3-5-17(6-4-16)29(23,24)21-13-18(22-8-10-26-11-9-22)15-2-7-19-20(12-15)28-14-27-19/h2-7,12,18,21H,8-11,13-14H2,1H3/p+1/t18-/m0/s1. The number of hydrogen-bond acceptors (Lipinski definition) is 6. The molecule has 0 saturated carbocycles. The maximum absolute atomic E-state index is 12.8. The maximum Gasteiger partial charge on any atom is 0.240 e. The minimum absolute atomic E-state index is 0.0681. The molecule has 29 heavy (non-hydrogen) atoms. The van der Waals surface area contributed by atoms with Gasteiger partial charge in [0, 0.05) is 5.56 Å². The number of ether oxygens (including phenoxy) is 4. The Morgan fingerprint density at radius 1 is 1.07 bits per heavy atom. The van der Waals surface area contributed by atoms with Crippen LogP contribution in [0, 0.1) is 0 Å².